The first-order valence-electron chi connectivity index (χ1n) is 12.3. The summed E-state index contributed by atoms with van der Waals surface area (Å²) < 4.78 is 21.6. The number of hydrogen-bond acceptors (Lipinski definition) is 8. The zero-order valence-electron chi connectivity index (χ0n) is 21.3. The van der Waals surface area contributed by atoms with Crippen LogP contribution in [0.2, 0.25) is 0 Å². The molecule has 196 valence electrons. The molecule has 0 bridgehead atoms. The fourth-order valence-electron chi connectivity index (χ4n) is 3.15. The predicted molar refractivity (Wildman–Crippen MR) is 139 cm³/mol. The molecule has 0 spiro atoms. The summed E-state index contributed by atoms with van der Waals surface area (Å²) in [5, 5.41) is 8.84. The molecule has 8 nitrogen and oxygen atoms in total. The maximum atomic E-state index is 12.5. The molecular weight excluding hydrogens is 486 g/mol. The molecular formula is C30H29NO7. The number of rotatable bonds is 12. The minimum atomic E-state index is -0.574. The average Bonchev–Trinajstić information content (AvgIpc) is 2.95. The molecule has 38 heavy (non-hydrogen) atoms. The van der Waals surface area contributed by atoms with Crippen molar-refractivity contribution in [1.82, 2.24) is 0 Å². The van der Waals surface area contributed by atoms with Crippen molar-refractivity contribution in [2.24, 2.45) is 5.92 Å². The van der Waals surface area contributed by atoms with Crippen molar-refractivity contribution in [3.05, 3.63) is 89.5 Å². The molecule has 0 saturated carbocycles. The lowest BCUT2D eigenvalue weighted by atomic mass is 10.1. The molecule has 0 N–H and O–H groups in total. The third-order valence-corrected chi connectivity index (χ3v) is 5.65. The molecule has 0 saturated heterocycles. The van der Waals surface area contributed by atoms with E-state index < -0.39 is 11.9 Å². The van der Waals surface area contributed by atoms with Gasteiger partial charge >= 0.3 is 17.9 Å². The second-order valence-electron chi connectivity index (χ2n) is 8.50. The van der Waals surface area contributed by atoms with Crippen LogP contribution < -0.4 is 14.2 Å². The minimum absolute atomic E-state index is 0.0827. The molecule has 3 aromatic carbocycles. The Balaban J connectivity index is 1.41. The standard InChI is InChI=1S/C30H29NO7/c1-3-21(2)28(32)36-19-5-4-18-35-25-14-8-23(9-15-25)29(33)38-27-16-10-24(11-17-27)30(34)37-26-12-6-22(20-31)7-13-26/h6-17,21H,3-5,18-19H2,1-2H3. The summed E-state index contributed by atoms with van der Waals surface area (Å²) in [6, 6.07) is 20.8. The number of benzene rings is 3. The van der Waals surface area contributed by atoms with E-state index in [-0.39, 0.29) is 23.2 Å². The van der Waals surface area contributed by atoms with Gasteiger partial charge in [0.2, 0.25) is 0 Å². The van der Waals surface area contributed by atoms with Gasteiger partial charge < -0.3 is 18.9 Å². The van der Waals surface area contributed by atoms with E-state index in [4.69, 9.17) is 24.2 Å². The average molecular weight is 516 g/mol. The number of unbranched alkanes of at least 4 members (excludes halogenated alkanes) is 1. The Morgan fingerprint density at radius 1 is 0.737 bits per heavy atom. The summed E-state index contributed by atoms with van der Waals surface area (Å²) in [5.74, 6) is -0.167. The quantitative estimate of drug-likeness (QED) is 0.170. The van der Waals surface area contributed by atoms with Gasteiger partial charge in [0.05, 0.1) is 41.9 Å². The Hall–Kier alpha value is -4.64. The summed E-state index contributed by atoms with van der Waals surface area (Å²) in [4.78, 5) is 36.4. The van der Waals surface area contributed by atoms with Crippen LogP contribution in [0.15, 0.2) is 72.8 Å². The molecule has 1 atom stereocenters. The molecule has 0 aliphatic heterocycles. The Labute approximate surface area is 221 Å². The first kappa shape index (κ1) is 27.9. The van der Waals surface area contributed by atoms with E-state index in [1.165, 1.54) is 36.4 Å². The maximum absolute atomic E-state index is 12.5. The molecule has 0 heterocycles. The zero-order valence-corrected chi connectivity index (χ0v) is 21.3. The van der Waals surface area contributed by atoms with Gasteiger partial charge in [-0.3, -0.25) is 4.79 Å². The lowest BCUT2D eigenvalue weighted by molar-refractivity contribution is -0.148. The number of esters is 3. The largest absolute Gasteiger partial charge is 0.494 e. The van der Waals surface area contributed by atoms with Gasteiger partial charge in [0.1, 0.15) is 17.2 Å². The number of carbonyl (C=O) groups excluding carboxylic acids is 3. The van der Waals surface area contributed by atoms with Crippen LogP contribution in [0.3, 0.4) is 0 Å². The van der Waals surface area contributed by atoms with Crippen molar-refractivity contribution in [3.8, 4) is 23.3 Å². The number of nitriles is 1. The van der Waals surface area contributed by atoms with Crippen LogP contribution in [0.4, 0.5) is 0 Å². The van der Waals surface area contributed by atoms with Crippen LogP contribution in [-0.4, -0.2) is 31.1 Å². The topological polar surface area (TPSA) is 112 Å². The van der Waals surface area contributed by atoms with E-state index in [1.807, 2.05) is 19.9 Å². The van der Waals surface area contributed by atoms with Gasteiger partial charge in [-0.05, 0) is 92.1 Å². The monoisotopic (exact) mass is 515 g/mol. The highest BCUT2D eigenvalue weighted by Gasteiger charge is 2.13. The van der Waals surface area contributed by atoms with Gasteiger partial charge in [0.15, 0.2) is 0 Å². The fraction of sp³-hybridized carbons (Fsp3) is 0.267. The molecule has 3 aromatic rings. The molecule has 0 aromatic heterocycles. The van der Waals surface area contributed by atoms with Crippen molar-refractivity contribution in [2.45, 2.75) is 33.1 Å². The zero-order chi connectivity index (χ0) is 27.3. The van der Waals surface area contributed by atoms with Crippen LogP contribution in [0.25, 0.3) is 0 Å². The Kier molecular flexibility index (Phi) is 10.4. The summed E-state index contributed by atoms with van der Waals surface area (Å²) in [6.07, 6.45) is 2.20. The van der Waals surface area contributed by atoms with Crippen LogP contribution in [0.1, 0.15) is 59.4 Å². The molecule has 3 rings (SSSR count). The fourth-order valence-corrected chi connectivity index (χ4v) is 3.15. The summed E-state index contributed by atoms with van der Waals surface area (Å²) in [5.41, 5.74) is 1.09. The highest BCUT2D eigenvalue weighted by Crippen LogP contribution is 2.19. The van der Waals surface area contributed by atoms with Gasteiger partial charge in [0, 0.05) is 0 Å². The van der Waals surface area contributed by atoms with Gasteiger partial charge in [-0.15, -0.1) is 0 Å². The van der Waals surface area contributed by atoms with E-state index in [0.29, 0.717) is 42.3 Å². The van der Waals surface area contributed by atoms with Crippen LogP contribution in [0.5, 0.6) is 17.2 Å². The van der Waals surface area contributed by atoms with Crippen molar-refractivity contribution in [2.75, 3.05) is 13.2 Å². The summed E-state index contributed by atoms with van der Waals surface area (Å²) in [7, 11) is 0. The van der Waals surface area contributed by atoms with Crippen LogP contribution in [-0.2, 0) is 9.53 Å². The van der Waals surface area contributed by atoms with Gasteiger partial charge in [0.25, 0.3) is 0 Å². The Morgan fingerprint density at radius 2 is 1.21 bits per heavy atom. The smallest absolute Gasteiger partial charge is 0.343 e. The molecule has 0 fully saturated rings. The van der Waals surface area contributed by atoms with Crippen molar-refractivity contribution in [1.29, 1.82) is 5.26 Å². The second kappa shape index (κ2) is 14.2. The van der Waals surface area contributed by atoms with Crippen molar-refractivity contribution >= 4 is 17.9 Å². The molecule has 0 radical (unpaired) electrons. The van der Waals surface area contributed by atoms with Gasteiger partial charge in [-0.25, -0.2) is 9.59 Å². The van der Waals surface area contributed by atoms with E-state index >= 15 is 0 Å². The van der Waals surface area contributed by atoms with Crippen LogP contribution >= 0.6 is 0 Å². The second-order valence-corrected chi connectivity index (χ2v) is 8.50. The number of hydrogen-bond donors (Lipinski definition) is 0. The lowest BCUT2D eigenvalue weighted by Crippen LogP contribution is -2.15. The Morgan fingerprint density at radius 3 is 1.71 bits per heavy atom. The highest BCUT2D eigenvalue weighted by atomic mass is 16.5. The van der Waals surface area contributed by atoms with Gasteiger partial charge in [-0.2, -0.15) is 5.26 Å². The maximum Gasteiger partial charge on any atom is 0.343 e. The molecule has 8 heteroatoms. The summed E-state index contributed by atoms with van der Waals surface area (Å²) in [6.45, 7) is 4.63. The number of nitrogens with zero attached hydrogens (tertiary/aromatic N) is 1. The molecule has 0 aliphatic carbocycles. The van der Waals surface area contributed by atoms with Gasteiger partial charge in [-0.1, -0.05) is 13.8 Å². The third-order valence-electron chi connectivity index (χ3n) is 5.65. The third kappa shape index (κ3) is 8.49. The molecule has 0 aliphatic rings. The predicted octanol–water partition coefficient (Wildman–Crippen LogP) is 5.74. The highest BCUT2D eigenvalue weighted by molar-refractivity contribution is 5.92. The number of carbonyl (C=O) groups is 3. The normalized spacial score (nSPS) is 11.1. The number of ether oxygens (including phenoxy) is 4. The Bertz CT molecular complexity index is 1260. The van der Waals surface area contributed by atoms with E-state index in [1.54, 1.807) is 36.4 Å². The van der Waals surface area contributed by atoms with Crippen LogP contribution in [0, 0.1) is 17.2 Å². The van der Waals surface area contributed by atoms with Crippen molar-refractivity contribution < 1.29 is 33.3 Å². The first-order chi connectivity index (χ1) is 18.4. The molecule has 1 unspecified atom stereocenters. The van der Waals surface area contributed by atoms with E-state index in [2.05, 4.69) is 0 Å². The SMILES string of the molecule is CCC(C)C(=O)OCCCCOc1ccc(C(=O)Oc2ccc(C(=O)Oc3ccc(C#N)cc3)cc2)cc1. The summed E-state index contributed by atoms with van der Waals surface area (Å²) >= 11 is 0. The van der Waals surface area contributed by atoms with Crippen molar-refractivity contribution in [3.63, 3.8) is 0 Å². The molecule has 0 amide bonds. The first-order valence-corrected chi connectivity index (χ1v) is 12.3. The minimum Gasteiger partial charge on any atom is -0.494 e. The van der Waals surface area contributed by atoms with E-state index in [9.17, 15) is 14.4 Å². The lowest BCUT2D eigenvalue weighted by Gasteiger charge is -2.10. The van der Waals surface area contributed by atoms with E-state index in [0.717, 1.165) is 12.8 Å².